The number of hydrogen-bond acceptors (Lipinski definition) is 3. The lowest BCUT2D eigenvalue weighted by Gasteiger charge is -2.11. The van der Waals surface area contributed by atoms with Crippen LogP contribution in [0.4, 0.5) is 14.9 Å². The van der Waals surface area contributed by atoms with E-state index in [-0.39, 0.29) is 29.4 Å². The minimum atomic E-state index is -0.390. The molecule has 1 aromatic carbocycles. The smallest absolute Gasteiger partial charge is 0.319 e. The Balaban J connectivity index is 1.58. The zero-order valence-electron chi connectivity index (χ0n) is 14.0. The van der Waals surface area contributed by atoms with Gasteiger partial charge in [0.1, 0.15) is 11.5 Å². The summed E-state index contributed by atoms with van der Waals surface area (Å²) >= 11 is 0. The Labute approximate surface area is 145 Å². The second-order valence-corrected chi connectivity index (χ2v) is 6.20. The number of aromatic nitrogens is 1. The van der Waals surface area contributed by atoms with E-state index in [9.17, 15) is 14.0 Å². The maximum Gasteiger partial charge on any atom is 0.319 e. The van der Waals surface area contributed by atoms with E-state index in [1.54, 1.807) is 38.4 Å². The number of benzene rings is 1. The molecule has 1 heterocycles. The van der Waals surface area contributed by atoms with Crippen LogP contribution in [0.5, 0.6) is 0 Å². The average Bonchev–Trinajstić information content (AvgIpc) is 3.33. The lowest BCUT2D eigenvalue weighted by atomic mass is 10.1. The van der Waals surface area contributed by atoms with Crippen LogP contribution in [-0.2, 0) is 0 Å². The van der Waals surface area contributed by atoms with E-state index in [0.29, 0.717) is 17.7 Å². The van der Waals surface area contributed by atoms with Crippen molar-refractivity contribution in [2.75, 3.05) is 19.4 Å². The first-order valence-corrected chi connectivity index (χ1v) is 7.95. The average molecular weight is 342 g/mol. The molecule has 0 saturated heterocycles. The molecule has 0 radical (unpaired) electrons. The molecule has 0 unspecified atom stereocenters. The van der Waals surface area contributed by atoms with Crippen LogP contribution in [-0.4, -0.2) is 42.0 Å². The van der Waals surface area contributed by atoms with Crippen molar-refractivity contribution in [1.29, 1.82) is 0 Å². The molecular weight excluding hydrogens is 323 g/mol. The summed E-state index contributed by atoms with van der Waals surface area (Å²) in [5.74, 6) is -0.501. The minimum Gasteiger partial charge on any atom is -0.343 e. The van der Waals surface area contributed by atoms with Crippen molar-refractivity contribution < 1.29 is 14.0 Å². The van der Waals surface area contributed by atoms with Gasteiger partial charge in [0, 0.05) is 37.9 Å². The van der Waals surface area contributed by atoms with Crippen LogP contribution >= 0.6 is 0 Å². The summed E-state index contributed by atoms with van der Waals surface area (Å²) < 4.78 is 13.8. The van der Waals surface area contributed by atoms with Crippen LogP contribution in [0.15, 0.2) is 42.6 Å². The van der Waals surface area contributed by atoms with E-state index in [4.69, 9.17) is 0 Å². The molecule has 1 aliphatic rings. The summed E-state index contributed by atoms with van der Waals surface area (Å²) in [5.41, 5.74) is 1.34. The number of nitrogens with zero attached hydrogens (tertiary/aromatic N) is 2. The molecule has 1 fully saturated rings. The summed E-state index contributed by atoms with van der Waals surface area (Å²) in [7, 11) is 3.26. The quantitative estimate of drug-likeness (QED) is 0.897. The molecule has 3 rings (SSSR count). The lowest BCUT2D eigenvalue weighted by molar-refractivity contribution is 0.0822. The summed E-state index contributed by atoms with van der Waals surface area (Å²) in [4.78, 5) is 29.4. The molecule has 6 nitrogen and oxygen atoms in total. The number of halogens is 1. The first kappa shape index (κ1) is 16.9. The van der Waals surface area contributed by atoms with Crippen LogP contribution in [0.3, 0.4) is 0 Å². The van der Waals surface area contributed by atoms with Gasteiger partial charge < -0.3 is 15.5 Å². The Morgan fingerprint density at radius 3 is 2.72 bits per heavy atom. The fourth-order valence-corrected chi connectivity index (χ4v) is 2.66. The normalized spacial score (nSPS) is 18.4. The van der Waals surface area contributed by atoms with Crippen molar-refractivity contribution in [3.63, 3.8) is 0 Å². The second-order valence-electron chi connectivity index (χ2n) is 6.20. The number of rotatable bonds is 4. The van der Waals surface area contributed by atoms with Crippen molar-refractivity contribution in [2.45, 2.75) is 18.4 Å². The highest BCUT2D eigenvalue weighted by Crippen LogP contribution is 2.41. The Bertz CT molecular complexity index is 809. The van der Waals surface area contributed by atoms with Gasteiger partial charge in [-0.25, -0.2) is 9.18 Å². The molecule has 7 heteroatoms. The third-order valence-corrected chi connectivity index (χ3v) is 4.05. The second kappa shape index (κ2) is 6.88. The van der Waals surface area contributed by atoms with Crippen LogP contribution in [0.25, 0.3) is 0 Å². The predicted molar refractivity (Wildman–Crippen MR) is 92.0 cm³/mol. The molecule has 2 N–H and O–H groups in total. The monoisotopic (exact) mass is 342 g/mol. The summed E-state index contributed by atoms with van der Waals surface area (Å²) in [5, 5.41) is 5.50. The van der Waals surface area contributed by atoms with Gasteiger partial charge in [0.05, 0.1) is 0 Å². The fraction of sp³-hybridized carbons (Fsp3) is 0.278. The summed E-state index contributed by atoms with van der Waals surface area (Å²) in [6.45, 7) is 0. The summed E-state index contributed by atoms with van der Waals surface area (Å²) in [6.07, 6.45) is 2.17. The molecule has 3 amide bonds. The van der Waals surface area contributed by atoms with E-state index in [0.717, 1.165) is 0 Å². The molecule has 1 aromatic heterocycles. The number of carbonyl (C=O) groups excluding carboxylic acids is 2. The fourth-order valence-electron chi connectivity index (χ4n) is 2.66. The van der Waals surface area contributed by atoms with Crippen LogP contribution in [0.1, 0.15) is 28.4 Å². The molecule has 130 valence electrons. The number of anilines is 1. The molecule has 1 aliphatic carbocycles. The molecule has 0 bridgehead atoms. The number of hydrogen-bond donors (Lipinski definition) is 2. The van der Waals surface area contributed by atoms with Gasteiger partial charge in [-0.2, -0.15) is 0 Å². The Hall–Kier alpha value is -2.96. The van der Waals surface area contributed by atoms with Crippen LogP contribution < -0.4 is 10.6 Å². The van der Waals surface area contributed by atoms with E-state index >= 15 is 0 Å². The Kier molecular flexibility index (Phi) is 4.65. The van der Waals surface area contributed by atoms with Crippen molar-refractivity contribution in [1.82, 2.24) is 15.2 Å². The van der Waals surface area contributed by atoms with Crippen molar-refractivity contribution >= 4 is 17.6 Å². The minimum absolute atomic E-state index is 0.00438. The van der Waals surface area contributed by atoms with Crippen molar-refractivity contribution in [3.05, 3.63) is 59.7 Å². The molecule has 25 heavy (non-hydrogen) atoms. The molecule has 0 spiro atoms. The lowest BCUT2D eigenvalue weighted by Crippen LogP contribution is -2.31. The van der Waals surface area contributed by atoms with E-state index in [1.165, 1.54) is 23.2 Å². The molecular formula is C18H19FN4O2. The van der Waals surface area contributed by atoms with Crippen LogP contribution in [0.2, 0.25) is 0 Å². The number of urea groups is 1. The Morgan fingerprint density at radius 2 is 2.00 bits per heavy atom. The van der Waals surface area contributed by atoms with Gasteiger partial charge in [-0.1, -0.05) is 18.2 Å². The third kappa shape index (κ3) is 3.93. The van der Waals surface area contributed by atoms with Crippen molar-refractivity contribution in [3.8, 4) is 0 Å². The Morgan fingerprint density at radius 1 is 1.24 bits per heavy atom. The first-order chi connectivity index (χ1) is 12.0. The van der Waals surface area contributed by atoms with Gasteiger partial charge in [-0.05, 0) is 30.2 Å². The molecule has 2 atom stereocenters. The van der Waals surface area contributed by atoms with Gasteiger partial charge in [0.15, 0.2) is 0 Å². The highest BCUT2D eigenvalue weighted by molar-refractivity contribution is 5.95. The number of amides is 3. The van der Waals surface area contributed by atoms with Crippen molar-refractivity contribution in [2.24, 2.45) is 0 Å². The largest absolute Gasteiger partial charge is 0.343 e. The SMILES string of the molecule is CN(C)C(=O)c1cc(NC(=O)N[C@@H]2C[C@@H]2c2ccccc2F)ccn1. The number of pyridine rings is 1. The van der Waals surface area contributed by atoms with Gasteiger partial charge >= 0.3 is 6.03 Å². The van der Waals surface area contributed by atoms with E-state index in [2.05, 4.69) is 15.6 Å². The highest BCUT2D eigenvalue weighted by Gasteiger charge is 2.40. The number of nitrogens with one attached hydrogen (secondary N) is 2. The molecule has 2 aromatic rings. The van der Waals surface area contributed by atoms with E-state index in [1.807, 2.05) is 0 Å². The first-order valence-electron chi connectivity index (χ1n) is 7.95. The topological polar surface area (TPSA) is 74.3 Å². The summed E-state index contributed by atoms with van der Waals surface area (Å²) in [6, 6.07) is 9.23. The standard InChI is InChI=1S/C18H19FN4O2/c1-23(2)17(24)16-9-11(7-8-20-16)21-18(25)22-15-10-13(15)12-5-3-4-6-14(12)19/h3-9,13,15H,10H2,1-2H3,(H2,20,21,22,25)/t13-,15-/m1/s1. The zero-order valence-corrected chi connectivity index (χ0v) is 14.0. The molecule has 0 aliphatic heterocycles. The van der Waals surface area contributed by atoms with Gasteiger partial charge in [-0.3, -0.25) is 9.78 Å². The zero-order chi connectivity index (χ0) is 18.0. The van der Waals surface area contributed by atoms with Gasteiger partial charge in [0.2, 0.25) is 0 Å². The van der Waals surface area contributed by atoms with Crippen LogP contribution in [0, 0.1) is 5.82 Å². The molecule has 1 saturated carbocycles. The van der Waals surface area contributed by atoms with E-state index < -0.39 is 6.03 Å². The van der Waals surface area contributed by atoms with Gasteiger partial charge in [-0.15, -0.1) is 0 Å². The maximum atomic E-state index is 13.8. The number of carbonyl (C=O) groups is 2. The maximum absolute atomic E-state index is 13.8. The van der Waals surface area contributed by atoms with Gasteiger partial charge in [0.25, 0.3) is 5.91 Å². The third-order valence-electron chi connectivity index (χ3n) is 4.05. The predicted octanol–water partition coefficient (Wildman–Crippen LogP) is 2.60. The highest BCUT2D eigenvalue weighted by atomic mass is 19.1.